The molecule has 118 valence electrons. The highest BCUT2D eigenvalue weighted by Gasteiger charge is 2.09. The second-order valence-corrected chi connectivity index (χ2v) is 6.12. The number of imidazole rings is 1. The summed E-state index contributed by atoms with van der Waals surface area (Å²) in [5.41, 5.74) is 3.31. The Bertz CT molecular complexity index is 800. The van der Waals surface area contributed by atoms with Crippen LogP contribution >= 0.6 is 23.2 Å². The first kappa shape index (κ1) is 15.9. The van der Waals surface area contributed by atoms with Crippen LogP contribution in [0.15, 0.2) is 48.5 Å². The molecule has 0 unspecified atom stereocenters. The van der Waals surface area contributed by atoms with E-state index in [1.165, 1.54) is 5.56 Å². The molecule has 23 heavy (non-hydrogen) atoms. The Hall–Kier alpha value is -1.97. The van der Waals surface area contributed by atoms with Crippen molar-refractivity contribution >= 4 is 23.2 Å². The second-order valence-electron chi connectivity index (χ2n) is 5.28. The van der Waals surface area contributed by atoms with Crippen molar-refractivity contribution in [2.45, 2.75) is 20.0 Å². The summed E-state index contributed by atoms with van der Waals surface area (Å²) in [4.78, 5) is 7.88. The largest absolute Gasteiger partial charge is 0.484 e. The van der Waals surface area contributed by atoms with Gasteiger partial charge in [0.15, 0.2) is 0 Å². The number of aromatic nitrogens is 2. The lowest BCUT2D eigenvalue weighted by atomic mass is 10.1. The first-order valence-corrected chi connectivity index (χ1v) is 8.03. The minimum atomic E-state index is 0.330. The van der Waals surface area contributed by atoms with Crippen LogP contribution in [0.25, 0.3) is 0 Å². The van der Waals surface area contributed by atoms with Gasteiger partial charge in [0.1, 0.15) is 18.2 Å². The van der Waals surface area contributed by atoms with E-state index in [2.05, 4.69) is 22.1 Å². The van der Waals surface area contributed by atoms with Crippen molar-refractivity contribution in [3.05, 3.63) is 81.4 Å². The standard InChI is InChI=1S/C18H16Cl2N2O/c1-12-16(9-13-5-3-2-4-6-13)22-18(21-12)11-23-17-8-7-14(19)10-15(17)20/h2-8,10H,9,11H2,1H3,(H,21,22). The third-order valence-corrected chi connectivity index (χ3v) is 4.04. The topological polar surface area (TPSA) is 37.9 Å². The number of rotatable bonds is 5. The maximum atomic E-state index is 6.10. The van der Waals surface area contributed by atoms with E-state index in [1.807, 2.05) is 25.1 Å². The fourth-order valence-electron chi connectivity index (χ4n) is 2.33. The number of ether oxygens (including phenoxy) is 1. The lowest BCUT2D eigenvalue weighted by Crippen LogP contribution is -1.98. The molecule has 0 aliphatic carbocycles. The molecule has 0 aliphatic rings. The average Bonchev–Trinajstić information content (AvgIpc) is 2.87. The van der Waals surface area contributed by atoms with E-state index in [9.17, 15) is 0 Å². The smallest absolute Gasteiger partial charge is 0.146 e. The molecular weight excluding hydrogens is 331 g/mol. The van der Waals surface area contributed by atoms with Gasteiger partial charge in [-0.3, -0.25) is 0 Å². The molecule has 0 bridgehead atoms. The van der Waals surface area contributed by atoms with Crippen LogP contribution in [-0.4, -0.2) is 9.97 Å². The molecule has 3 nitrogen and oxygen atoms in total. The lowest BCUT2D eigenvalue weighted by molar-refractivity contribution is 0.297. The summed E-state index contributed by atoms with van der Waals surface area (Å²) in [5.74, 6) is 1.37. The van der Waals surface area contributed by atoms with Crippen molar-refractivity contribution in [1.82, 2.24) is 9.97 Å². The molecule has 1 aromatic heterocycles. The number of aromatic amines is 1. The van der Waals surface area contributed by atoms with E-state index in [-0.39, 0.29) is 0 Å². The highest BCUT2D eigenvalue weighted by molar-refractivity contribution is 6.35. The van der Waals surface area contributed by atoms with Gasteiger partial charge in [-0.2, -0.15) is 0 Å². The predicted molar refractivity (Wildman–Crippen MR) is 93.4 cm³/mol. The van der Waals surface area contributed by atoms with Crippen molar-refractivity contribution in [3.8, 4) is 5.75 Å². The van der Waals surface area contributed by atoms with E-state index < -0.39 is 0 Å². The normalized spacial score (nSPS) is 10.7. The van der Waals surface area contributed by atoms with Crippen LogP contribution in [0.4, 0.5) is 0 Å². The molecule has 2 aromatic carbocycles. The first-order valence-electron chi connectivity index (χ1n) is 7.28. The van der Waals surface area contributed by atoms with Crippen LogP contribution in [0, 0.1) is 6.92 Å². The van der Waals surface area contributed by atoms with E-state index in [4.69, 9.17) is 27.9 Å². The predicted octanol–water partition coefficient (Wildman–Crippen LogP) is 5.19. The number of hydrogen-bond acceptors (Lipinski definition) is 2. The van der Waals surface area contributed by atoms with Crippen LogP contribution in [0.1, 0.15) is 22.8 Å². The van der Waals surface area contributed by atoms with Crippen molar-refractivity contribution in [1.29, 1.82) is 0 Å². The molecule has 1 N–H and O–H groups in total. The van der Waals surface area contributed by atoms with Crippen molar-refractivity contribution in [2.75, 3.05) is 0 Å². The van der Waals surface area contributed by atoms with Crippen LogP contribution in [-0.2, 0) is 13.0 Å². The Morgan fingerprint density at radius 1 is 1.09 bits per heavy atom. The molecule has 0 amide bonds. The summed E-state index contributed by atoms with van der Waals surface area (Å²) in [5, 5.41) is 1.08. The molecule has 0 saturated carbocycles. The van der Waals surface area contributed by atoms with Crippen molar-refractivity contribution < 1.29 is 4.74 Å². The van der Waals surface area contributed by atoms with Gasteiger partial charge in [-0.15, -0.1) is 0 Å². The SMILES string of the molecule is Cc1[nH]c(COc2ccc(Cl)cc2Cl)nc1Cc1ccccc1. The van der Waals surface area contributed by atoms with Crippen molar-refractivity contribution in [3.63, 3.8) is 0 Å². The third-order valence-electron chi connectivity index (χ3n) is 3.51. The van der Waals surface area contributed by atoms with E-state index in [0.29, 0.717) is 22.4 Å². The Morgan fingerprint density at radius 3 is 2.61 bits per heavy atom. The molecule has 0 atom stereocenters. The molecule has 5 heteroatoms. The summed E-state index contributed by atoms with van der Waals surface area (Å²) in [6.45, 7) is 2.35. The second kappa shape index (κ2) is 7.07. The molecule has 0 fully saturated rings. The summed E-state index contributed by atoms with van der Waals surface area (Å²) >= 11 is 12.0. The van der Waals surface area contributed by atoms with Gasteiger partial charge in [0.25, 0.3) is 0 Å². The minimum Gasteiger partial charge on any atom is -0.484 e. The van der Waals surface area contributed by atoms with Gasteiger partial charge in [-0.25, -0.2) is 4.98 Å². The van der Waals surface area contributed by atoms with Gasteiger partial charge in [0.2, 0.25) is 0 Å². The highest BCUT2D eigenvalue weighted by atomic mass is 35.5. The molecule has 3 rings (SSSR count). The van der Waals surface area contributed by atoms with Gasteiger partial charge in [0, 0.05) is 17.1 Å². The summed E-state index contributed by atoms with van der Waals surface area (Å²) < 4.78 is 5.71. The zero-order chi connectivity index (χ0) is 16.2. The Kier molecular flexibility index (Phi) is 4.89. The Morgan fingerprint density at radius 2 is 1.87 bits per heavy atom. The fraction of sp³-hybridized carbons (Fsp3) is 0.167. The zero-order valence-corrected chi connectivity index (χ0v) is 14.2. The first-order chi connectivity index (χ1) is 11.1. The van der Waals surface area contributed by atoms with Crippen molar-refractivity contribution in [2.24, 2.45) is 0 Å². The maximum Gasteiger partial charge on any atom is 0.146 e. The molecule has 0 aliphatic heterocycles. The summed E-state index contributed by atoms with van der Waals surface area (Å²) in [7, 11) is 0. The fourth-order valence-corrected chi connectivity index (χ4v) is 2.79. The molecule has 1 heterocycles. The summed E-state index contributed by atoms with van der Waals surface area (Å²) in [6, 6.07) is 15.4. The highest BCUT2D eigenvalue weighted by Crippen LogP contribution is 2.28. The number of benzene rings is 2. The number of halogens is 2. The summed E-state index contributed by atoms with van der Waals surface area (Å²) in [6.07, 6.45) is 0.797. The van der Waals surface area contributed by atoms with Crippen LogP contribution in [0.3, 0.4) is 0 Å². The lowest BCUT2D eigenvalue weighted by Gasteiger charge is -2.06. The van der Waals surface area contributed by atoms with Gasteiger partial charge >= 0.3 is 0 Å². The Balaban J connectivity index is 1.68. The van der Waals surface area contributed by atoms with Gasteiger partial charge in [-0.1, -0.05) is 53.5 Å². The number of nitrogens with one attached hydrogen (secondary N) is 1. The number of nitrogens with zero attached hydrogens (tertiary/aromatic N) is 1. The Labute approximate surface area is 145 Å². The average molecular weight is 347 g/mol. The number of H-pyrrole nitrogens is 1. The van der Waals surface area contributed by atoms with Crippen LogP contribution in [0.2, 0.25) is 10.0 Å². The maximum absolute atomic E-state index is 6.10. The van der Waals surface area contributed by atoms with Gasteiger partial charge in [0.05, 0.1) is 10.7 Å². The monoisotopic (exact) mass is 346 g/mol. The zero-order valence-electron chi connectivity index (χ0n) is 12.6. The van der Waals surface area contributed by atoms with Crippen LogP contribution in [0.5, 0.6) is 5.75 Å². The molecule has 0 saturated heterocycles. The molecular formula is C18H16Cl2N2O. The molecule has 3 aromatic rings. The van der Waals surface area contributed by atoms with Gasteiger partial charge in [-0.05, 0) is 30.7 Å². The van der Waals surface area contributed by atoms with E-state index in [1.54, 1.807) is 18.2 Å². The van der Waals surface area contributed by atoms with Crippen LogP contribution < -0.4 is 4.74 Å². The molecule has 0 radical (unpaired) electrons. The van der Waals surface area contributed by atoms with Gasteiger partial charge < -0.3 is 9.72 Å². The number of hydrogen-bond donors (Lipinski definition) is 1. The van der Waals surface area contributed by atoms with E-state index >= 15 is 0 Å². The number of aryl methyl sites for hydroxylation is 1. The quantitative estimate of drug-likeness (QED) is 0.689. The third kappa shape index (κ3) is 4.06. The minimum absolute atomic E-state index is 0.330. The van der Waals surface area contributed by atoms with E-state index in [0.717, 1.165) is 23.6 Å². The molecule has 0 spiro atoms.